The predicted octanol–water partition coefficient (Wildman–Crippen LogP) is 3.21. The third-order valence-corrected chi connectivity index (χ3v) is 4.97. The molecule has 1 aromatic carbocycles. The van der Waals surface area contributed by atoms with E-state index in [1.165, 1.54) is 32.4 Å². The Morgan fingerprint density at radius 3 is 2.43 bits per heavy atom. The van der Waals surface area contributed by atoms with Crippen molar-refractivity contribution in [3.05, 3.63) is 29.8 Å². The van der Waals surface area contributed by atoms with Gasteiger partial charge in [0, 0.05) is 12.1 Å². The second-order valence-corrected chi connectivity index (χ2v) is 6.68. The molecule has 4 heteroatoms. The van der Waals surface area contributed by atoms with E-state index in [1.807, 2.05) is 24.3 Å². The summed E-state index contributed by atoms with van der Waals surface area (Å²) in [7, 11) is 0. The van der Waals surface area contributed by atoms with Crippen LogP contribution < -0.4 is 10.5 Å². The molecule has 0 amide bonds. The summed E-state index contributed by atoms with van der Waals surface area (Å²) < 4.78 is 5.80. The number of hydrogen-bond donors (Lipinski definition) is 1. The van der Waals surface area contributed by atoms with Crippen LogP contribution >= 0.6 is 12.2 Å². The highest BCUT2D eigenvalue weighted by molar-refractivity contribution is 7.80. The van der Waals surface area contributed by atoms with Gasteiger partial charge in [-0.3, -0.25) is 4.90 Å². The van der Waals surface area contributed by atoms with Crippen molar-refractivity contribution in [2.45, 2.75) is 33.1 Å². The molecular formula is C17H26N2OS. The molecule has 116 valence electrons. The molecule has 1 saturated heterocycles. The molecular weight excluding hydrogens is 280 g/mol. The van der Waals surface area contributed by atoms with Crippen LogP contribution in [0.25, 0.3) is 0 Å². The maximum absolute atomic E-state index is 5.80. The van der Waals surface area contributed by atoms with Crippen molar-refractivity contribution in [3.63, 3.8) is 0 Å². The van der Waals surface area contributed by atoms with Crippen molar-refractivity contribution >= 4 is 17.2 Å². The van der Waals surface area contributed by atoms with E-state index >= 15 is 0 Å². The molecule has 0 radical (unpaired) electrons. The second kappa shape index (κ2) is 7.23. The van der Waals surface area contributed by atoms with Crippen molar-refractivity contribution < 1.29 is 4.74 Å². The molecule has 0 aromatic heterocycles. The van der Waals surface area contributed by atoms with E-state index in [0.717, 1.165) is 24.5 Å². The molecule has 0 unspecified atom stereocenters. The number of nitrogens with two attached hydrogens (primary N) is 1. The second-order valence-electron chi connectivity index (χ2n) is 6.24. The van der Waals surface area contributed by atoms with Crippen LogP contribution in [0.3, 0.4) is 0 Å². The van der Waals surface area contributed by atoms with E-state index in [4.69, 9.17) is 22.7 Å². The van der Waals surface area contributed by atoms with Crippen LogP contribution in [0.2, 0.25) is 0 Å². The first-order valence-electron chi connectivity index (χ1n) is 7.77. The van der Waals surface area contributed by atoms with Crippen molar-refractivity contribution in [1.82, 2.24) is 4.90 Å². The number of nitrogens with zero attached hydrogens (tertiary/aromatic N) is 1. The Kier molecular flexibility index (Phi) is 5.59. The van der Waals surface area contributed by atoms with Crippen LogP contribution in [0.15, 0.2) is 24.3 Å². The Labute approximate surface area is 133 Å². The van der Waals surface area contributed by atoms with Crippen LogP contribution in [0, 0.1) is 5.41 Å². The molecule has 2 rings (SSSR count). The summed E-state index contributed by atoms with van der Waals surface area (Å²) in [6.45, 7) is 8.81. The van der Waals surface area contributed by atoms with Gasteiger partial charge in [0.2, 0.25) is 0 Å². The van der Waals surface area contributed by atoms with Crippen LogP contribution in [-0.4, -0.2) is 36.1 Å². The summed E-state index contributed by atoms with van der Waals surface area (Å²) in [5.41, 5.74) is 7.01. The summed E-state index contributed by atoms with van der Waals surface area (Å²) in [6.07, 6.45) is 3.88. The van der Waals surface area contributed by atoms with Gasteiger partial charge < -0.3 is 10.5 Å². The number of likely N-dealkylation sites (tertiary alicyclic amines) is 1. The van der Waals surface area contributed by atoms with Gasteiger partial charge in [0.25, 0.3) is 0 Å². The average Bonchev–Trinajstić information content (AvgIpc) is 2.50. The van der Waals surface area contributed by atoms with Crippen molar-refractivity contribution in [3.8, 4) is 5.75 Å². The van der Waals surface area contributed by atoms with Gasteiger partial charge in [-0.15, -0.1) is 0 Å². The molecule has 1 heterocycles. The summed E-state index contributed by atoms with van der Waals surface area (Å²) in [4.78, 5) is 2.93. The van der Waals surface area contributed by atoms with E-state index in [-0.39, 0.29) is 0 Å². The highest BCUT2D eigenvalue weighted by Crippen LogP contribution is 2.33. The van der Waals surface area contributed by atoms with Gasteiger partial charge in [-0.25, -0.2) is 0 Å². The molecule has 1 aliphatic rings. The first kappa shape index (κ1) is 16.2. The maximum atomic E-state index is 5.80. The van der Waals surface area contributed by atoms with Crippen LogP contribution in [0.4, 0.5) is 0 Å². The summed E-state index contributed by atoms with van der Waals surface area (Å²) in [5.74, 6) is 0.880. The molecule has 3 nitrogen and oxygen atoms in total. The quantitative estimate of drug-likeness (QED) is 0.819. The SMILES string of the molecule is CCC1(C)CCN(CCOc2ccc(C(N)=S)cc2)CC1. The third-order valence-electron chi connectivity index (χ3n) is 4.73. The van der Waals surface area contributed by atoms with Gasteiger partial charge >= 0.3 is 0 Å². The minimum absolute atomic E-state index is 0.425. The van der Waals surface area contributed by atoms with Gasteiger partial charge in [-0.05, 0) is 55.6 Å². The maximum Gasteiger partial charge on any atom is 0.119 e. The lowest BCUT2D eigenvalue weighted by molar-refractivity contribution is 0.101. The summed E-state index contributed by atoms with van der Waals surface area (Å²) >= 11 is 4.94. The minimum atomic E-state index is 0.425. The first-order valence-corrected chi connectivity index (χ1v) is 8.18. The predicted molar refractivity (Wildman–Crippen MR) is 91.9 cm³/mol. The fraction of sp³-hybridized carbons (Fsp3) is 0.588. The first-order chi connectivity index (χ1) is 10.0. The molecule has 1 fully saturated rings. The van der Waals surface area contributed by atoms with E-state index in [2.05, 4.69) is 18.7 Å². The Balaban J connectivity index is 1.71. The van der Waals surface area contributed by atoms with E-state index < -0.39 is 0 Å². The smallest absolute Gasteiger partial charge is 0.119 e. The average molecular weight is 306 g/mol. The standard InChI is InChI=1S/C17H26N2OS/c1-3-17(2)8-10-19(11-9-17)12-13-20-15-6-4-14(5-7-15)16(18)21/h4-7H,3,8-13H2,1-2H3,(H2,18,21). The molecule has 1 aromatic rings. The van der Waals surface area contributed by atoms with Gasteiger partial charge in [0.1, 0.15) is 17.3 Å². The Bertz CT molecular complexity index is 464. The van der Waals surface area contributed by atoms with E-state index in [9.17, 15) is 0 Å². The molecule has 0 atom stereocenters. The highest BCUT2D eigenvalue weighted by Gasteiger charge is 2.27. The number of hydrogen-bond acceptors (Lipinski definition) is 3. The Hall–Kier alpha value is -1.13. The van der Waals surface area contributed by atoms with Gasteiger partial charge in [-0.1, -0.05) is 32.5 Å². The highest BCUT2D eigenvalue weighted by atomic mass is 32.1. The zero-order chi connectivity index (χ0) is 15.3. The minimum Gasteiger partial charge on any atom is -0.492 e. The molecule has 2 N–H and O–H groups in total. The Morgan fingerprint density at radius 1 is 1.29 bits per heavy atom. The summed E-state index contributed by atoms with van der Waals surface area (Å²) in [5, 5.41) is 0. The summed E-state index contributed by atoms with van der Waals surface area (Å²) in [6, 6.07) is 7.67. The van der Waals surface area contributed by atoms with E-state index in [1.54, 1.807) is 0 Å². The lowest BCUT2D eigenvalue weighted by atomic mass is 9.78. The van der Waals surface area contributed by atoms with Crippen LogP contribution in [-0.2, 0) is 0 Å². The zero-order valence-corrected chi connectivity index (χ0v) is 13.9. The monoisotopic (exact) mass is 306 g/mol. The molecule has 21 heavy (non-hydrogen) atoms. The van der Waals surface area contributed by atoms with Crippen molar-refractivity contribution in [1.29, 1.82) is 0 Å². The fourth-order valence-electron chi connectivity index (χ4n) is 2.68. The number of rotatable bonds is 6. The zero-order valence-electron chi connectivity index (χ0n) is 13.1. The lowest BCUT2D eigenvalue weighted by Crippen LogP contribution is -2.40. The number of benzene rings is 1. The number of thiocarbonyl (C=S) groups is 1. The molecule has 0 bridgehead atoms. The van der Waals surface area contributed by atoms with Gasteiger partial charge in [0.15, 0.2) is 0 Å². The van der Waals surface area contributed by atoms with E-state index in [0.29, 0.717) is 10.4 Å². The molecule has 0 spiro atoms. The van der Waals surface area contributed by atoms with Crippen LogP contribution in [0.1, 0.15) is 38.7 Å². The molecule has 0 saturated carbocycles. The van der Waals surface area contributed by atoms with Gasteiger partial charge in [-0.2, -0.15) is 0 Å². The van der Waals surface area contributed by atoms with Crippen molar-refractivity contribution in [2.24, 2.45) is 11.1 Å². The van der Waals surface area contributed by atoms with Crippen molar-refractivity contribution in [2.75, 3.05) is 26.2 Å². The number of piperidine rings is 1. The number of ether oxygens (including phenoxy) is 1. The normalized spacial score (nSPS) is 18.4. The fourth-order valence-corrected chi connectivity index (χ4v) is 2.81. The topological polar surface area (TPSA) is 38.5 Å². The van der Waals surface area contributed by atoms with Gasteiger partial charge in [0.05, 0.1) is 0 Å². The Morgan fingerprint density at radius 2 is 1.90 bits per heavy atom. The van der Waals surface area contributed by atoms with Crippen LogP contribution in [0.5, 0.6) is 5.75 Å². The third kappa shape index (κ3) is 4.68. The largest absolute Gasteiger partial charge is 0.492 e. The molecule has 0 aliphatic carbocycles. The lowest BCUT2D eigenvalue weighted by Gasteiger charge is -2.38. The molecule has 1 aliphatic heterocycles.